The zero-order valence-electron chi connectivity index (χ0n) is 11.7. The van der Waals surface area contributed by atoms with Crippen LogP contribution >= 0.6 is 0 Å². The zero-order valence-corrected chi connectivity index (χ0v) is 12.6. The van der Waals surface area contributed by atoms with Gasteiger partial charge < -0.3 is 10.5 Å². The van der Waals surface area contributed by atoms with Gasteiger partial charge in [-0.1, -0.05) is 6.92 Å². The van der Waals surface area contributed by atoms with E-state index >= 15 is 0 Å². The second-order valence-electron chi connectivity index (χ2n) is 4.34. The lowest BCUT2D eigenvalue weighted by Crippen LogP contribution is -2.25. The molecule has 0 fully saturated rings. The number of ether oxygens (including phenoxy) is 1. The van der Waals surface area contributed by atoms with Gasteiger partial charge in [-0.3, -0.25) is 10.1 Å². The van der Waals surface area contributed by atoms with Crippen LogP contribution < -0.4 is 10.5 Å². The fourth-order valence-corrected chi connectivity index (χ4v) is 2.69. The first kappa shape index (κ1) is 17.3. The molecule has 0 spiro atoms. The molecule has 9 heteroatoms. The average Bonchev–Trinajstić information content (AvgIpc) is 2.42. The molecule has 0 bridgehead atoms. The lowest BCUT2D eigenvalue weighted by atomic mass is 10.3. The van der Waals surface area contributed by atoms with Gasteiger partial charge >= 0.3 is 0 Å². The van der Waals surface area contributed by atoms with E-state index in [0.717, 1.165) is 24.6 Å². The molecule has 0 radical (unpaired) electrons. The number of nitrogen functional groups attached to an aromatic ring is 1. The van der Waals surface area contributed by atoms with Gasteiger partial charge in [-0.25, -0.2) is 13.1 Å². The molecule has 8 nitrogen and oxygen atoms in total. The Labute approximate surface area is 123 Å². The van der Waals surface area contributed by atoms with Gasteiger partial charge in [-0.2, -0.15) is 0 Å². The summed E-state index contributed by atoms with van der Waals surface area (Å²) in [5.74, 6) is 0. The molecule has 1 rings (SSSR count). The first-order valence-electron chi connectivity index (χ1n) is 6.50. The van der Waals surface area contributed by atoms with Crippen LogP contribution in [0.25, 0.3) is 0 Å². The molecule has 0 aromatic heterocycles. The molecule has 1 aromatic carbocycles. The first-order chi connectivity index (χ1) is 9.88. The predicted molar refractivity (Wildman–Crippen MR) is 78.4 cm³/mol. The second kappa shape index (κ2) is 7.91. The van der Waals surface area contributed by atoms with Crippen molar-refractivity contribution in [2.45, 2.75) is 24.7 Å². The van der Waals surface area contributed by atoms with E-state index in [0.29, 0.717) is 19.6 Å². The van der Waals surface area contributed by atoms with Crippen LogP contribution in [0.3, 0.4) is 0 Å². The molecule has 0 saturated carbocycles. The Balaban J connectivity index is 2.62. The Bertz CT molecular complexity index is 589. The van der Waals surface area contributed by atoms with E-state index in [1.807, 2.05) is 6.92 Å². The Morgan fingerprint density at radius 1 is 1.38 bits per heavy atom. The van der Waals surface area contributed by atoms with E-state index in [-0.39, 0.29) is 22.8 Å². The molecular weight excluding hydrogens is 298 g/mol. The van der Waals surface area contributed by atoms with E-state index in [1.54, 1.807) is 0 Å². The minimum absolute atomic E-state index is 0.0972. The van der Waals surface area contributed by atoms with Crippen LogP contribution in [0.4, 0.5) is 11.4 Å². The van der Waals surface area contributed by atoms with Gasteiger partial charge in [0.25, 0.3) is 5.69 Å². The molecule has 1 aromatic rings. The van der Waals surface area contributed by atoms with Crippen molar-refractivity contribution in [1.82, 2.24) is 4.72 Å². The van der Waals surface area contributed by atoms with Crippen LogP contribution in [0.15, 0.2) is 23.1 Å². The number of nitro groups is 1. The van der Waals surface area contributed by atoms with Crippen molar-refractivity contribution in [3.05, 3.63) is 28.3 Å². The minimum atomic E-state index is -3.73. The van der Waals surface area contributed by atoms with Crippen molar-refractivity contribution in [3.8, 4) is 0 Å². The quantitative estimate of drug-likeness (QED) is 0.306. The van der Waals surface area contributed by atoms with Crippen LogP contribution in [0, 0.1) is 10.1 Å². The maximum absolute atomic E-state index is 12.0. The summed E-state index contributed by atoms with van der Waals surface area (Å²) in [5, 5.41) is 10.6. The standard InChI is InChI=1S/C12H19N3O5S/c1-2-7-20-8-3-6-14-21(18,19)10-4-5-12(15(16)17)11(13)9-10/h4-5,9,14H,2-3,6-8,13H2,1H3. The summed E-state index contributed by atoms with van der Waals surface area (Å²) >= 11 is 0. The summed E-state index contributed by atoms with van der Waals surface area (Å²) in [6.07, 6.45) is 1.45. The lowest BCUT2D eigenvalue weighted by molar-refractivity contribution is -0.383. The number of nitro benzene ring substituents is 1. The van der Waals surface area contributed by atoms with E-state index in [4.69, 9.17) is 10.5 Å². The molecule has 0 heterocycles. The predicted octanol–water partition coefficient (Wildman–Crippen LogP) is 1.27. The van der Waals surface area contributed by atoms with Crippen LogP contribution in [0.5, 0.6) is 0 Å². The van der Waals surface area contributed by atoms with Gasteiger partial charge in [0, 0.05) is 25.8 Å². The zero-order chi connectivity index (χ0) is 15.9. The molecule has 21 heavy (non-hydrogen) atoms. The molecule has 0 aliphatic rings. The molecular formula is C12H19N3O5S. The summed E-state index contributed by atoms with van der Waals surface area (Å²) in [4.78, 5) is 9.87. The van der Waals surface area contributed by atoms with E-state index in [9.17, 15) is 18.5 Å². The lowest BCUT2D eigenvalue weighted by Gasteiger charge is -2.08. The summed E-state index contributed by atoms with van der Waals surface area (Å²) in [6.45, 7) is 3.33. The van der Waals surface area contributed by atoms with Gasteiger partial charge in [0.1, 0.15) is 5.69 Å². The van der Waals surface area contributed by atoms with Crippen LogP contribution in [-0.2, 0) is 14.8 Å². The highest BCUT2D eigenvalue weighted by Crippen LogP contribution is 2.24. The van der Waals surface area contributed by atoms with Gasteiger partial charge in [-0.05, 0) is 25.0 Å². The summed E-state index contributed by atoms with van der Waals surface area (Å²) in [6, 6.07) is 3.31. The molecule has 0 aliphatic heterocycles. The maximum Gasteiger partial charge on any atom is 0.292 e. The van der Waals surface area contributed by atoms with Gasteiger partial charge in [0.15, 0.2) is 0 Å². The van der Waals surface area contributed by atoms with Gasteiger partial charge in [-0.15, -0.1) is 0 Å². The number of nitrogens with one attached hydrogen (secondary N) is 1. The number of anilines is 1. The second-order valence-corrected chi connectivity index (χ2v) is 6.11. The first-order valence-corrected chi connectivity index (χ1v) is 7.98. The number of sulfonamides is 1. The number of hydrogen-bond donors (Lipinski definition) is 2. The van der Waals surface area contributed by atoms with Crippen molar-refractivity contribution >= 4 is 21.4 Å². The van der Waals surface area contributed by atoms with Crippen LogP contribution in [0.1, 0.15) is 19.8 Å². The normalized spacial score (nSPS) is 11.5. The monoisotopic (exact) mass is 317 g/mol. The fourth-order valence-electron chi connectivity index (χ4n) is 1.58. The molecule has 0 unspecified atom stereocenters. The topological polar surface area (TPSA) is 125 Å². The molecule has 0 atom stereocenters. The Morgan fingerprint density at radius 2 is 2.10 bits per heavy atom. The Hall–Kier alpha value is -1.71. The van der Waals surface area contributed by atoms with Crippen LogP contribution in [0.2, 0.25) is 0 Å². The maximum atomic E-state index is 12.0. The largest absolute Gasteiger partial charge is 0.393 e. The van der Waals surface area contributed by atoms with Crippen molar-refractivity contribution in [2.75, 3.05) is 25.5 Å². The highest BCUT2D eigenvalue weighted by Gasteiger charge is 2.18. The number of nitrogens with two attached hydrogens (primary N) is 1. The minimum Gasteiger partial charge on any atom is -0.393 e. The highest BCUT2D eigenvalue weighted by atomic mass is 32.2. The Morgan fingerprint density at radius 3 is 2.67 bits per heavy atom. The van der Waals surface area contributed by atoms with Gasteiger partial charge in [0.2, 0.25) is 10.0 Å². The number of benzene rings is 1. The summed E-state index contributed by atoms with van der Waals surface area (Å²) < 4.78 is 31.6. The highest BCUT2D eigenvalue weighted by molar-refractivity contribution is 7.89. The van der Waals surface area contributed by atoms with E-state index < -0.39 is 14.9 Å². The smallest absolute Gasteiger partial charge is 0.292 e. The number of rotatable bonds is 9. The summed E-state index contributed by atoms with van der Waals surface area (Å²) in [7, 11) is -3.73. The van der Waals surface area contributed by atoms with Crippen LogP contribution in [-0.4, -0.2) is 33.1 Å². The summed E-state index contributed by atoms with van der Waals surface area (Å²) in [5.41, 5.74) is 4.97. The van der Waals surface area contributed by atoms with Crippen molar-refractivity contribution in [2.24, 2.45) is 0 Å². The average molecular weight is 317 g/mol. The third kappa shape index (κ3) is 5.29. The third-order valence-electron chi connectivity index (χ3n) is 2.61. The number of hydrogen-bond acceptors (Lipinski definition) is 6. The fraction of sp³-hybridized carbons (Fsp3) is 0.500. The molecule has 0 saturated heterocycles. The molecule has 3 N–H and O–H groups in total. The van der Waals surface area contributed by atoms with Crippen molar-refractivity contribution < 1.29 is 18.1 Å². The third-order valence-corrected chi connectivity index (χ3v) is 4.07. The van der Waals surface area contributed by atoms with E-state index in [2.05, 4.69) is 4.72 Å². The van der Waals surface area contributed by atoms with Crippen molar-refractivity contribution in [3.63, 3.8) is 0 Å². The Kier molecular flexibility index (Phi) is 6.53. The van der Waals surface area contributed by atoms with E-state index in [1.165, 1.54) is 0 Å². The van der Waals surface area contributed by atoms with Gasteiger partial charge in [0.05, 0.1) is 9.82 Å². The SMILES string of the molecule is CCCOCCCNS(=O)(=O)c1ccc([N+](=O)[O-])c(N)c1. The molecule has 0 aliphatic carbocycles. The molecule has 118 valence electrons. The number of nitrogens with zero attached hydrogens (tertiary/aromatic N) is 1. The molecule has 0 amide bonds. The van der Waals surface area contributed by atoms with Crippen molar-refractivity contribution in [1.29, 1.82) is 0 Å².